The number of carbonyl (C=O) groups is 1. The summed E-state index contributed by atoms with van der Waals surface area (Å²) in [4.78, 5) is 19.0. The molecule has 2 heterocycles. The number of hydrogen-bond acceptors (Lipinski definition) is 3. The first kappa shape index (κ1) is 15.8. The van der Waals surface area contributed by atoms with Crippen molar-refractivity contribution in [3.05, 3.63) is 24.0 Å². The number of rotatable bonds is 4. The molecule has 3 unspecified atom stereocenters. The van der Waals surface area contributed by atoms with E-state index in [1.165, 1.54) is 6.42 Å². The summed E-state index contributed by atoms with van der Waals surface area (Å²) in [5.41, 5.74) is 1.52. The van der Waals surface area contributed by atoms with Crippen LogP contribution in [0.25, 0.3) is 0 Å². The SMILES string of the molecule is CCCNc1ccnc(C(=O)N2CC(C)CC(C)C2C)c1. The zero-order valence-electron chi connectivity index (χ0n) is 13.6. The van der Waals surface area contributed by atoms with Crippen LogP contribution in [0.2, 0.25) is 0 Å². The van der Waals surface area contributed by atoms with E-state index in [0.29, 0.717) is 17.5 Å². The highest BCUT2D eigenvalue weighted by Gasteiger charge is 2.32. The van der Waals surface area contributed by atoms with Crippen molar-refractivity contribution >= 4 is 11.6 Å². The predicted octanol–water partition coefficient (Wildman–Crippen LogP) is 3.41. The Labute approximate surface area is 127 Å². The van der Waals surface area contributed by atoms with E-state index < -0.39 is 0 Å². The number of piperidine rings is 1. The molecule has 0 radical (unpaired) electrons. The third kappa shape index (κ3) is 3.74. The lowest BCUT2D eigenvalue weighted by molar-refractivity contribution is 0.0450. The van der Waals surface area contributed by atoms with Crippen LogP contribution in [0.3, 0.4) is 0 Å². The number of hydrogen-bond donors (Lipinski definition) is 1. The number of pyridine rings is 1. The maximum Gasteiger partial charge on any atom is 0.272 e. The molecule has 1 aromatic heterocycles. The Morgan fingerprint density at radius 3 is 2.90 bits per heavy atom. The van der Waals surface area contributed by atoms with Gasteiger partial charge in [0.15, 0.2) is 0 Å². The number of anilines is 1. The van der Waals surface area contributed by atoms with Crippen LogP contribution >= 0.6 is 0 Å². The molecule has 4 heteroatoms. The minimum Gasteiger partial charge on any atom is -0.385 e. The maximum atomic E-state index is 12.8. The average Bonchev–Trinajstić information content (AvgIpc) is 2.48. The van der Waals surface area contributed by atoms with Gasteiger partial charge in [-0.2, -0.15) is 0 Å². The van der Waals surface area contributed by atoms with Crippen molar-refractivity contribution in [2.75, 3.05) is 18.4 Å². The van der Waals surface area contributed by atoms with Crippen molar-refractivity contribution in [1.29, 1.82) is 0 Å². The molecule has 1 aliphatic rings. The fourth-order valence-electron chi connectivity index (χ4n) is 3.06. The summed E-state index contributed by atoms with van der Waals surface area (Å²) in [7, 11) is 0. The van der Waals surface area contributed by atoms with E-state index in [1.807, 2.05) is 17.0 Å². The Kier molecular flexibility index (Phi) is 5.21. The molecule has 1 fully saturated rings. The molecule has 0 spiro atoms. The smallest absolute Gasteiger partial charge is 0.272 e. The van der Waals surface area contributed by atoms with Gasteiger partial charge in [-0.1, -0.05) is 20.8 Å². The first-order valence-electron chi connectivity index (χ1n) is 8.03. The first-order valence-corrected chi connectivity index (χ1v) is 8.03. The van der Waals surface area contributed by atoms with Gasteiger partial charge in [-0.05, 0) is 43.7 Å². The fourth-order valence-corrected chi connectivity index (χ4v) is 3.06. The molecular weight excluding hydrogens is 262 g/mol. The van der Waals surface area contributed by atoms with Crippen molar-refractivity contribution in [1.82, 2.24) is 9.88 Å². The highest BCUT2D eigenvalue weighted by molar-refractivity contribution is 5.93. The van der Waals surface area contributed by atoms with Crippen molar-refractivity contribution in [3.8, 4) is 0 Å². The van der Waals surface area contributed by atoms with Gasteiger partial charge < -0.3 is 10.2 Å². The fraction of sp³-hybridized carbons (Fsp3) is 0.647. The standard InChI is InChI=1S/C17H27N3O/c1-5-7-18-15-6-8-19-16(10-15)17(21)20-11-12(2)9-13(3)14(20)4/h6,8,10,12-14H,5,7,9,11H2,1-4H3,(H,18,19). The summed E-state index contributed by atoms with van der Waals surface area (Å²) >= 11 is 0. The van der Waals surface area contributed by atoms with Crippen molar-refractivity contribution in [2.24, 2.45) is 11.8 Å². The van der Waals surface area contributed by atoms with Gasteiger partial charge in [-0.15, -0.1) is 0 Å². The Morgan fingerprint density at radius 1 is 1.43 bits per heavy atom. The molecule has 1 aromatic rings. The van der Waals surface area contributed by atoms with E-state index in [1.54, 1.807) is 6.20 Å². The quantitative estimate of drug-likeness (QED) is 0.924. The minimum atomic E-state index is 0.0565. The normalized spacial score (nSPS) is 25.7. The summed E-state index contributed by atoms with van der Waals surface area (Å²) in [5, 5.41) is 3.31. The predicted molar refractivity (Wildman–Crippen MR) is 86.5 cm³/mol. The largest absolute Gasteiger partial charge is 0.385 e. The van der Waals surface area contributed by atoms with Crippen LogP contribution in [-0.2, 0) is 0 Å². The molecule has 1 aliphatic heterocycles. The molecule has 21 heavy (non-hydrogen) atoms. The number of likely N-dealkylation sites (tertiary alicyclic amines) is 1. The molecule has 2 rings (SSSR count). The Bertz CT molecular complexity index is 489. The van der Waals surface area contributed by atoms with Crippen LogP contribution in [0.5, 0.6) is 0 Å². The summed E-state index contributed by atoms with van der Waals surface area (Å²) in [6.07, 6.45) is 3.97. The van der Waals surface area contributed by atoms with Crippen molar-refractivity contribution in [3.63, 3.8) is 0 Å². The number of aromatic nitrogens is 1. The number of nitrogens with one attached hydrogen (secondary N) is 1. The van der Waals surface area contributed by atoms with Crippen LogP contribution in [0.1, 0.15) is 51.0 Å². The Hall–Kier alpha value is -1.58. The second-order valence-electron chi connectivity index (χ2n) is 6.37. The van der Waals surface area contributed by atoms with Gasteiger partial charge in [0, 0.05) is 31.0 Å². The second-order valence-corrected chi connectivity index (χ2v) is 6.37. The molecule has 4 nitrogen and oxygen atoms in total. The molecule has 0 aliphatic carbocycles. The molecular formula is C17H27N3O. The lowest BCUT2D eigenvalue weighted by Crippen LogP contribution is -2.49. The average molecular weight is 289 g/mol. The van der Waals surface area contributed by atoms with E-state index in [-0.39, 0.29) is 11.9 Å². The summed E-state index contributed by atoms with van der Waals surface area (Å²) < 4.78 is 0. The third-order valence-electron chi connectivity index (χ3n) is 4.42. The lowest BCUT2D eigenvalue weighted by Gasteiger charge is -2.41. The van der Waals surface area contributed by atoms with Crippen LogP contribution in [0.15, 0.2) is 18.3 Å². The third-order valence-corrected chi connectivity index (χ3v) is 4.42. The second kappa shape index (κ2) is 6.92. The maximum absolute atomic E-state index is 12.8. The summed E-state index contributed by atoms with van der Waals surface area (Å²) in [5.74, 6) is 1.15. The highest BCUT2D eigenvalue weighted by atomic mass is 16.2. The number of nitrogens with zero attached hydrogens (tertiary/aromatic N) is 2. The van der Waals surface area contributed by atoms with Gasteiger partial charge in [-0.3, -0.25) is 9.78 Å². The van der Waals surface area contributed by atoms with Gasteiger partial charge in [-0.25, -0.2) is 0 Å². The van der Waals surface area contributed by atoms with E-state index >= 15 is 0 Å². The molecule has 1 saturated heterocycles. The van der Waals surface area contributed by atoms with Gasteiger partial charge in [0.05, 0.1) is 0 Å². The topological polar surface area (TPSA) is 45.2 Å². The molecule has 0 aromatic carbocycles. The number of carbonyl (C=O) groups excluding carboxylic acids is 1. The Morgan fingerprint density at radius 2 is 2.19 bits per heavy atom. The monoisotopic (exact) mass is 289 g/mol. The van der Waals surface area contributed by atoms with Gasteiger partial charge in [0.25, 0.3) is 5.91 Å². The molecule has 3 atom stereocenters. The van der Waals surface area contributed by atoms with E-state index in [9.17, 15) is 4.79 Å². The Balaban J connectivity index is 2.15. The summed E-state index contributed by atoms with van der Waals surface area (Å²) in [6.45, 7) is 10.5. The minimum absolute atomic E-state index is 0.0565. The molecule has 1 amide bonds. The zero-order chi connectivity index (χ0) is 15.4. The molecule has 0 saturated carbocycles. The van der Waals surface area contributed by atoms with Crippen LogP contribution in [-0.4, -0.2) is 34.9 Å². The van der Waals surface area contributed by atoms with Gasteiger partial charge in [0.2, 0.25) is 0 Å². The van der Waals surface area contributed by atoms with Crippen LogP contribution in [0, 0.1) is 11.8 Å². The number of amides is 1. The highest BCUT2D eigenvalue weighted by Crippen LogP contribution is 2.28. The molecule has 0 bridgehead atoms. The van der Waals surface area contributed by atoms with Crippen molar-refractivity contribution in [2.45, 2.75) is 46.6 Å². The first-order chi connectivity index (χ1) is 10.0. The van der Waals surface area contributed by atoms with Crippen LogP contribution in [0.4, 0.5) is 5.69 Å². The van der Waals surface area contributed by atoms with Gasteiger partial charge in [0.1, 0.15) is 5.69 Å². The van der Waals surface area contributed by atoms with Crippen LogP contribution < -0.4 is 5.32 Å². The van der Waals surface area contributed by atoms with Crippen molar-refractivity contribution < 1.29 is 4.79 Å². The molecule has 1 N–H and O–H groups in total. The zero-order valence-corrected chi connectivity index (χ0v) is 13.6. The van der Waals surface area contributed by atoms with E-state index in [4.69, 9.17) is 0 Å². The summed E-state index contributed by atoms with van der Waals surface area (Å²) in [6, 6.07) is 4.06. The van der Waals surface area contributed by atoms with E-state index in [2.05, 4.69) is 38.0 Å². The van der Waals surface area contributed by atoms with Gasteiger partial charge >= 0.3 is 0 Å². The lowest BCUT2D eigenvalue weighted by atomic mass is 9.86. The van der Waals surface area contributed by atoms with E-state index in [0.717, 1.165) is 25.2 Å². The molecule has 116 valence electrons.